The molecule has 4 nitrogen and oxygen atoms in total. The van der Waals surface area contributed by atoms with Gasteiger partial charge in [-0.2, -0.15) is 0 Å². The fraction of sp³-hybridized carbons (Fsp3) is 0.545. The third kappa shape index (κ3) is 3.09. The molecule has 0 spiro atoms. The Kier molecular flexibility index (Phi) is 4.37. The van der Waals surface area contributed by atoms with E-state index in [9.17, 15) is 4.79 Å². The van der Waals surface area contributed by atoms with Crippen molar-refractivity contribution in [3.05, 3.63) is 28.7 Å². The van der Waals surface area contributed by atoms with E-state index in [0.717, 1.165) is 6.42 Å². The van der Waals surface area contributed by atoms with E-state index < -0.39 is 0 Å². The highest BCUT2D eigenvalue weighted by molar-refractivity contribution is 5.17. The molecule has 1 unspecified atom stereocenters. The lowest BCUT2D eigenvalue weighted by molar-refractivity contribution is 0.330. The summed E-state index contributed by atoms with van der Waals surface area (Å²) < 4.78 is 6.81. The first-order valence-corrected chi connectivity index (χ1v) is 5.26. The Bertz CT molecular complexity index is 360. The highest BCUT2D eigenvalue weighted by atomic mass is 16.5. The van der Waals surface area contributed by atoms with Crippen LogP contribution < -0.4 is 16.0 Å². The minimum Gasteiger partial charge on any atom is -0.488 e. The Labute approximate surface area is 89.7 Å². The van der Waals surface area contributed by atoms with Crippen LogP contribution in [0.15, 0.2) is 23.1 Å². The molecular weight excluding hydrogens is 192 g/mol. The molecule has 0 saturated heterocycles. The molecule has 1 rings (SSSR count). The highest BCUT2D eigenvalue weighted by Gasteiger charge is 2.06. The van der Waals surface area contributed by atoms with Crippen LogP contribution in [-0.4, -0.2) is 17.2 Å². The Morgan fingerprint density at radius 3 is 2.87 bits per heavy atom. The summed E-state index contributed by atoms with van der Waals surface area (Å²) in [6.07, 6.45) is 2.59. The molecule has 0 saturated carbocycles. The van der Waals surface area contributed by atoms with Crippen molar-refractivity contribution in [2.45, 2.75) is 32.9 Å². The van der Waals surface area contributed by atoms with E-state index in [0.29, 0.717) is 18.9 Å². The molecule has 2 N–H and O–H groups in total. The fourth-order valence-corrected chi connectivity index (χ4v) is 1.31. The average Bonchev–Trinajstić information content (AvgIpc) is 2.24. The van der Waals surface area contributed by atoms with Gasteiger partial charge >= 0.3 is 0 Å². The third-order valence-electron chi connectivity index (χ3n) is 2.24. The van der Waals surface area contributed by atoms with E-state index in [-0.39, 0.29) is 11.6 Å². The van der Waals surface area contributed by atoms with E-state index >= 15 is 0 Å². The quantitative estimate of drug-likeness (QED) is 0.788. The first kappa shape index (κ1) is 11.8. The van der Waals surface area contributed by atoms with Crippen molar-refractivity contribution in [1.29, 1.82) is 0 Å². The van der Waals surface area contributed by atoms with Gasteiger partial charge in [-0.25, -0.2) is 0 Å². The summed E-state index contributed by atoms with van der Waals surface area (Å²) in [6, 6.07) is 3.49. The molecule has 0 radical (unpaired) electrons. The number of rotatable bonds is 5. The summed E-state index contributed by atoms with van der Waals surface area (Å²) in [5, 5.41) is 0. The normalized spacial score (nSPS) is 12.5. The molecular formula is C11H18N2O2. The highest BCUT2D eigenvalue weighted by Crippen LogP contribution is 2.02. The molecule has 1 aromatic heterocycles. The average molecular weight is 210 g/mol. The predicted octanol–water partition coefficient (Wildman–Crippen LogP) is 0.984. The summed E-state index contributed by atoms with van der Waals surface area (Å²) in [5.74, 6) is 0.392. The summed E-state index contributed by atoms with van der Waals surface area (Å²) in [6.45, 7) is 4.89. The van der Waals surface area contributed by atoms with Gasteiger partial charge in [-0.3, -0.25) is 4.79 Å². The SMILES string of the molecule is CCOc1cccn(CC(N)CC)c1=O. The number of nitrogens with zero attached hydrogens (tertiary/aromatic N) is 1. The molecule has 0 fully saturated rings. The maximum absolute atomic E-state index is 11.8. The molecule has 0 aliphatic carbocycles. The number of hydrogen-bond donors (Lipinski definition) is 1. The van der Waals surface area contributed by atoms with Gasteiger partial charge in [-0.15, -0.1) is 0 Å². The Hall–Kier alpha value is -1.29. The van der Waals surface area contributed by atoms with Crippen LogP contribution in [0.1, 0.15) is 20.3 Å². The second kappa shape index (κ2) is 5.56. The number of ether oxygens (including phenoxy) is 1. The monoisotopic (exact) mass is 210 g/mol. The van der Waals surface area contributed by atoms with Crippen LogP contribution in [0.3, 0.4) is 0 Å². The zero-order valence-electron chi connectivity index (χ0n) is 9.27. The van der Waals surface area contributed by atoms with Gasteiger partial charge in [-0.1, -0.05) is 6.92 Å². The number of pyridine rings is 1. The number of aromatic nitrogens is 1. The molecule has 4 heteroatoms. The van der Waals surface area contributed by atoms with Crippen LogP contribution >= 0.6 is 0 Å². The second-order valence-electron chi connectivity index (χ2n) is 3.43. The van der Waals surface area contributed by atoms with Crippen LogP contribution in [0.25, 0.3) is 0 Å². The zero-order valence-corrected chi connectivity index (χ0v) is 9.27. The summed E-state index contributed by atoms with van der Waals surface area (Å²) in [4.78, 5) is 11.8. The first-order valence-electron chi connectivity index (χ1n) is 5.26. The van der Waals surface area contributed by atoms with Gasteiger partial charge in [-0.05, 0) is 25.5 Å². The molecule has 0 aromatic carbocycles. The molecule has 1 aromatic rings. The molecule has 0 bridgehead atoms. The smallest absolute Gasteiger partial charge is 0.292 e. The Morgan fingerprint density at radius 2 is 2.27 bits per heavy atom. The standard InChI is InChI=1S/C11H18N2O2/c1-3-9(12)8-13-7-5-6-10(11(13)14)15-4-2/h5-7,9H,3-4,8,12H2,1-2H3. The maximum atomic E-state index is 11.8. The molecule has 15 heavy (non-hydrogen) atoms. The van der Waals surface area contributed by atoms with Crippen LogP contribution in [0, 0.1) is 0 Å². The zero-order chi connectivity index (χ0) is 11.3. The minimum absolute atomic E-state index is 0.0135. The topological polar surface area (TPSA) is 57.2 Å². The molecule has 84 valence electrons. The van der Waals surface area contributed by atoms with E-state index in [1.165, 1.54) is 0 Å². The van der Waals surface area contributed by atoms with Gasteiger partial charge in [0.15, 0.2) is 5.75 Å². The van der Waals surface area contributed by atoms with Gasteiger partial charge in [0, 0.05) is 18.8 Å². The first-order chi connectivity index (χ1) is 7.19. The maximum Gasteiger partial charge on any atom is 0.292 e. The molecule has 0 aliphatic rings. The van der Waals surface area contributed by atoms with E-state index in [4.69, 9.17) is 10.5 Å². The predicted molar refractivity (Wildman–Crippen MR) is 60.1 cm³/mol. The third-order valence-corrected chi connectivity index (χ3v) is 2.24. The van der Waals surface area contributed by atoms with Crippen molar-refractivity contribution in [1.82, 2.24) is 4.57 Å². The number of hydrogen-bond acceptors (Lipinski definition) is 3. The number of nitrogens with two attached hydrogens (primary N) is 1. The van der Waals surface area contributed by atoms with Crippen molar-refractivity contribution in [2.75, 3.05) is 6.61 Å². The van der Waals surface area contributed by atoms with Crippen molar-refractivity contribution in [3.63, 3.8) is 0 Å². The van der Waals surface area contributed by atoms with Crippen molar-refractivity contribution in [2.24, 2.45) is 5.73 Å². The molecule has 0 amide bonds. The second-order valence-corrected chi connectivity index (χ2v) is 3.43. The van der Waals surface area contributed by atoms with Crippen molar-refractivity contribution >= 4 is 0 Å². The van der Waals surface area contributed by atoms with Gasteiger partial charge in [0.05, 0.1) is 6.61 Å². The fourth-order valence-electron chi connectivity index (χ4n) is 1.31. The molecule has 1 atom stereocenters. The van der Waals surface area contributed by atoms with Crippen molar-refractivity contribution < 1.29 is 4.74 Å². The summed E-state index contributed by atoms with van der Waals surface area (Å²) in [5.41, 5.74) is 5.69. The lowest BCUT2D eigenvalue weighted by atomic mass is 10.2. The largest absolute Gasteiger partial charge is 0.488 e. The molecule has 0 aliphatic heterocycles. The lowest BCUT2D eigenvalue weighted by Gasteiger charge is -2.12. The van der Waals surface area contributed by atoms with E-state index in [2.05, 4.69) is 0 Å². The van der Waals surface area contributed by atoms with Gasteiger partial charge in [0.25, 0.3) is 5.56 Å². The van der Waals surface area contributed by atoms with Crippen molar-refractivity contribution in [3.8, 4) is 5.75 Å². The van der Waals surface area contributed by atoms with Gasteiger partial charge in [0.2, 0.25) is 0 Å². The van der Waals surface area contributed by atoms with Crippen LogP contribution in [-0.2, 0) is 6.54 Å². The lowest BCUT2D eigenvalue weighted by Crippen LogP contribution is -2.31. The van der Waals surface area contributed by atoms with Gasteiger partial charge < -0.3 is 15.0 Å². The summed E-state index contributed by atoms with van der Waals surface area (Å²) >= 11 is 0. The minimum atomic E-state index is -0.108. The van der Waals surface area contributed by atoms with Crippen LogP contribution in [0.2, 0.25) is 0 Å². The van der Waals surface area contributed by atoms with Crippen LogP contribution in [0.4, 0.5) is 0 Å². The van der Waals surface area contributed by atoms with Crippen LogP contribution in [0.5, 0.6) is 5.75 Å². The molecule has 1 heterocycles. The Balaban J connectivity index is 2.89. The summed E-state index contributed by atoms with van der Waals surface area (Å²) in [7, 11) is 0. The van der Waals surface area contributed by atoms with E-state index in [1.807, 2.05) is 13.8 Å². The van der Waals surface area contributed by atoms with Gasteiger partial charge in [0.1, 0.15) is 0 Å². The van der Waals surface area contributed by atoms with E-state index in [1.54, 1.807) is 22.9 Å². The Morgan fingerprint density at radius 1 is 1.53 bits per heavy atom.